The maximum atomic E-state index is 4.89. The summed E-state index contributed by atoms with van der Waals surface area (Å²) < 4.78 is 0. The zero-order valence-electron chi connectivity index (χ0n) is 19.2. The number of fused-ring (bicyclic) bond motifs is 2. The Bertz CT molecular complexity index is 976. The van der Waals surface area contributed by atoms with Crippen LogP contribution in [0.25, 0.3) is 21.5 Å². The van der Waals surface area contributed by atoms with Crippen molar-refractivity contribution in [3.63, 3.8) is 0 Å². The van der Waals surface area contributed by atoms with Crippen LogP contribution in [0.2, 0.25) is 0 Å². The Morgan fingerprint density at radius 1 is 0.710 bits per heavy atom. The zero-order chi connectivity index (χ0) is 23.0. The van der Waals surface area contributed by atoms with Crippen molar-refractivity contribution in [2.45, 2.75) is 39.0 Å². The van der Waals surface area contributed by atoms with E-state index in [4.69, 9.17) is 18.6 Å². The van der Waals surface area contributed by atoms with Gasteiger partial charge in [0.25, 0.3) is 0 Å². The molecule has 0 saturated heterocycles. The molecular formula is C26H32Cl2P2Ti-2. The predicted octanol–water partition coefficient (Wildman–Crippen LogP) is 8.78. The van der Waals surface area contributed by atoms with Gasteiger partial charge in [-0.3, -0.25) is 0 Å². The normalized spacial score (nSPS) is 11.1. The molecule has 31 heavy (non-hydrogen) atoms. The summed E-state index contributed by atoms with van der Waals surface area (Å²) in [6.07, 6.45) is 0. The summed E-state index contributed by atoms with van der Waals surface area (Å²) >= 11 is -0.556. The van der Waals surface area contributed by atoms with Crippen LogP contribution in [0.4, 0.5) is 0 Å². The molecule has 0 N–H and O–H groups in total. The first-order valence-corrected chi connectivity index (χ1v) is 18.5. The van der Waals surface area contributed by atoms with Gasteiger partial charge in [-0.1, -0.05) is 47.7 Å². The summed E-state index contributed by atoms with van der Waals surface area (Å²) in [4.78, 5) is 0. The molecule has 4 rings (SSSR count). The third kappa shape index (κ3) is 7.96. The number of halogens is 2. The van der Waals surface area contributed by atoms with Gasteiger partial charge in [0.05, 0.1) is 0 Å². The molecule has 5 heteroatoms. The van der Waals surface area contributed by atoms with Crippen molar-refractivity contribution in [3.05, 3.63) is 72.8 Å². The van der Waals surface area contributed by atoms with Crippen LogP contribution in [0.15, 0.2) is 72.8 Å². The van der Waals surface area contributed by atoms with Gasteiger partial charge >= 0.3 is 35.6 Å². The molecule has 0 atom stereocenters. The van der Waals surface area contributed by atoms with Crippen LogP contribution in [0.1, 0.15) is 27.7 Å². The number of benzene rings is 2. The summed E-state index contributed by atoms with van der Waals surface area (Å²) in [5.41, 5.74) is 1.54. The Balaban J connectivity index is 0.000000201. The van der Waals surface area contributed by atoms with E-state index in [9.17, 15) is 0 Å². The van der Waals surface area contributed by atoms with Crippen LogP contribution in [-0.4, -0.2) is 24.6 Å². The van der Waals surface area contributed by atoms with E-state index >= 15 is 0 Å². The molecule has 0 bridgehead atoms. The average Bonchev–Trinajstić information content (AvgIpc) is 3.32. The van der Waals surface area contributed by atoms with Crippen molar-refractivity contribution >= 4 is 66.6 Å². The van der Waals surface area contributed by atoms with E-state index in [2.05, 4.69) is 114 Å². The molecule has 0 amide bonds. The van der Waals surface area contributed by atoms with Crippen molar-refractivity contribution in [3.8, 4) is 0 Å². The average molecular weight is 525 g/mol. The third-order valence-electron chi connectivity index (χ3n) is 5.13. The van der Waals surface area contributed by atoms with E-state index in [1.165, 1.54) is 26.8 Å². The fourth-order valence-corrected chi connectivity index (χ4v) is 7.62. The van der Waals surface area contributed by atoms with Gasteiger partial charge < -0.3 is 0 Å². The zero-order valence-corrected chi connectivity index (χ0v) is 24.1. The maximum absolute atomic E-state index is 4.89. The SMILES string of the molecule is CC(C)P(c1cc2ccccc2[cH-]1)C(C)C.CP(C)c1cc2ccccc2[cH-]1.[Cl][Ti][Cl]. The summed E-state index contributed by atoms with van der Waals surface area (Å²) in [5, 5.41) is 8.62. The first kappa shape index (κ1) is 27.1. The van der Waals surface area contributed by atoms with Crippen LogP contribution in [0.3, 0.4) is 0 Å². The monoisotopic (exact) mass is 524 g/mol. The molecule has 0 aliphatic carbocycles. The molecule has 0 unspecified atom stereocenters. The summed E-state index contributed by atoms with van der Waals surface area (Å²) in [7, 11) is 9.81. The predicted molar refractivity (Wildman–Crippen MR) is 146 cm³/mol. The van der Waals surface area contributed by atoms with Gasteiger partial charge in [0.2, 0.25) is 0 Å². The topological polar surface area (TPSA) is 0 Å². The van der Waals surface area contributed by atoms with Crippen LogP contribution in [0.5, 0.6) is 0 Å². The van der Waals surface area contributed by atoms with Crippen LogP contribution in [-0.2, 0) is 17.0 Å². The van der Waals surface area contributed by atoms with Gasteiger partial charge in [-0.2, -0.15) is 12.1 Å². The van der Waals surface area contributed by atoms with Crippen molar-refractivity contribution in [1.82, 2.24) is 0 Å². The minimum absolute atomic E-state index is 0.0206. The van der Waals surface area contributed by atoms with E-state index in [-0.39, 0.29) is 15.8 Å². The molecule has 0 radical (unpaired) electrons. The standard InChI is InChI=1S/C15H20P.C11H12P.2ClH.Ti/c1-11(2)16(12(3)4)15-9-13-7-5-6-8-14(13)10-15;1-12(2)11-7-9-5-3-4-6-10(9)8-11;;;/h5-12H,1-4H3;3-8H,1-2H3;2*1H;/q2*-1;;;+2/p-2. The van der Waals surface area contributed by atoms with Crippen molar-refractivity contribution < 1.29 is 17.0 Å². The first-order chi connectivity index (χ1) is 14.8. The van der Waals surface area contributed by atoms with Crippen LogP contribution in [0, 0.1) is 0 Å². The summed E-state index contributed by atoms with van der Waals surface area (Å²) in [6.45, 7) is 14.0. The Kier molecular flexibility index (Phi) is 11.8. The quantitative estimate of drug-likeness (QED) is 0.142. The molecule has 0 aliphatic rings. The van der Waals surface area contributed by atoms with E-state index in [0.717, 1.165) is 11.3 Å². The second kappa shape index (κ2) is 13.5. The van der Waals surface area contributed by atoms with Crippen LogP contribution < -0.4 is 10.6 Å². The summed E-state index contributed by atoms with van der Waals surface area (Å²) in [5.74, 6) is 0. The van der Waals surface area contributed by atoms with E-state index in [1.807, 2.05) is 0 Å². The van der Waals surface area contributed by atoms with Crippen molar-refractivity contribution in [1.29, 1.82) is 0 Å². The van der Waals surface area contributed by atoms with E-state index in [0.29, 0.717) is 0 Å². The Labute approximate surface area is 207 Å². The van der Waals surface area contributed by atoms with Crippen molar-refractivity contribution in [2.75, 3.05) is 13.3 Å². The third-order valence-corrected chi connectivity index (χ3v) is 9.50. The summed E-state index contributed by atoms with van der Waals surface area (Å²) in [6, 6.07) is 26.6. The molecular weight excluding hydrogens is 493 g/mol. The second-order valence-electron chi connectivity index (χ2n) is 8.25. The van der Waals surface area contributed by atoms with Crippen LogP contribution >= 0.6 is 34.5 Å². The van der Waals surface area contributed by atoms with E-state index < -0.39 is 17.0 Å². The fourth-order valence-electron chi connectivity index (χ4n) is 3.87. The van der Waals surface area contributed by atoms with Crippen molar-refractivity contribution in [2.24, 2.45) is 0 Å². The molecule has 166 valence electrons. The number of hydrogen-bond acceptors (Lipinski definition) is 0. The fraction of sp³-hybridized carbons (Fsp3) is 0.308. The molecule has 0 aliphatic heterocycles. The molecule has 4 aromatic carbocycles. The molecule has 0 heterocycles. The number of rotatable bonds is 4. The Hall–Kier alpha value is -0.186. The molecule has 0 spiro atoms. The Morgan fingerprint density at radius 2 is 1.10 bits per heavy atom. The van der Waals surface area contributed by atoms with Gasteiger partial charge in [0.15, 0.2) is 0 Å². The molecule has 4 aromatic rings. The second-order valence-corrected chi connectivity index (χ2v) is 16.5. The van der Waals surface area contributed by atoms with E-state index in [1.54, 1.807) is 5.30 Å². The molecule has 0 fully saturated rings. The first-order valence-electron chi connectivity index (χ1n) is 10.5. The minimum atomic E-state index is -0.556. The van der Waals surface area contributed by atoms with Gasteiger partial charge in [0.1, 0.15) is 0 Å². The van der Waals surface area contributed by atoms with Gasteiger partial charge in [-0.05, 0) is 24.6 Å². The van der Waals surface area contributed by atoms with Gasteiger partial charge in [-0.15, -0.1) is 88.6 Å². The molecule has 0 nitrogen and oxygen atoms in total. The Morgan fingerprint density at radius 3 is 1.48 bits per heavy atom. The van der Waals surface area contributed by atoms with Gasteiger partial charge in [-0.25, -0.2) is 0 Å². The van der Waals surface area contributed by atoms with Gasteiger partial charge in [0, 0.05) is 0 Å². The molecule has 0 aromatic heterocycles. The number of hydrogen-bond donors (Lipinski definition) is 0. The molecule has 0 saturated carbocycles.